The van der Waals surface area contributed by atoms with Crippen LogP contribution in [0.2, 0.25) is 0 Å². The van der Waals surface area contributed by atoms with E-state index >= 15 is 0 Å². The highest BCUT2D eigenvalue weighted by atomic mass is 32.1. The number of thiazole rings is 1. The fraction of sp³-hybridized carbons (Fsp3) is 0.667. The number of nitrogens with two attached hydrogens (primary N) is 1. The Balaban J connectivity index is 2.48. The van der Waals surface area contributed by atoms with E-state index in [1.165, 1.54) is 0 Å². The van der Waals surface area contributed by atoms with E-state index in [9.17, 15) is 0 Å². The molecule has 0 bridgehead atoms. The summed E-state index contributed by atoms with van der Waals surface area (Å²) in [5, 5.41) is 3.21. The molecule has 1 unspecified atom stereocenters. The zero-order valence-electron chi connectivity index (χ0n) is 8.95. The van der Waals surface area contributed by atoms with Gasteiger partial charge in [0, 0.05) is 30.1 Å². The van der Waals surface area contributed by atoms with Gasteiger partial charge < -0.3 is 4.90 Å². The number of hydrazine groups is 1. The molecule has 0 aromatic carbocycles. The summed E-state index contributed by atoms with van der Waals surface area (Å²) in [6.45, 7) is 2.94. The average Bonchev–Trinajstić information content (AvgIpc) is 2.49. The van der Waals surface area contributed by atoms with Crippen molar-refractivity contribution in [3.63, 3.8) is 0 Å². The van der Waals surface area contributed by atoms with Gasteiger partial charge in [0.25, 0.3) is 0 Å². The second-order valence-corrected chi connectivity index (χ2v) is 4.66. The van der Waals surface area contributed by atoms with E-state index in [0.29, 0.717) is 0 Å². The van der Waals surface area contributed by atoms with Crippen molar-refractivity contribution in [2.45, 2.75) is 19.4 Å². The Morgan fingerprint density at radius 3 is 2.79 bits per heavy atom. The van der Waals surface area contributed by atoms with Gasteiger partial charge in [0.15, 0.2) is 0 Å². The molecular formula is C9H18N4S. The quantitative estimate of drug-likeness (QED) is 0.550. The molecule has 1 rings (SSSR count). The molecule has 0 amide bonds. The summed E-state index contributed by atoms with van der Waals surface area (Å²) < 4.78 is 0. The highest BCUT2D eigenvalue weighted by molar-refractivity contribution is 7.09. The van der Waals surface area contributed by atoms with Crippen molar-refractivity contribution >= 4 is 11.3 Å². The van der Waals surface area contributed by atoms with E-state index in [1.807, 2.05) is 21.0 Å². The van der Waals surface area contributed by atoms with Crippen LogP contribution < -0.4 is 11.3 Å². The van der Waals surface area contributed by atoms with E-state index in [2.05, 4.69) is 20.7 Å². The molecule has 0 saturated heterocycles. The van der Waals surface area contributed by atoms with Crippen molar-refractivity contribution < 1.29 is 0 Å². The number of likely N-dealkylation sites (N-methyl/N-ethyl adjacent to an activating group) is 1. The van der Waals surface area contributed by atoms with Crippen molar-refractivity contribution in [3.8, 4) is 0 Å². The fourth-order valence-electron chi connectivity index (χ4n) is 1.32. The molecular weight excluding hydrogens is 196 g/mol. The third-order valence-corrected chi connectivity index (χ3v) is 2.90. The van der Waals surface area contributed by atoms with Gasteiger partial charge in [0.05, 0.1) is 5.01 Å². The van der Waals surface area contributed by atoms with Gasteiger partial charge >= 0.3 is 0 Å². The standard InChI is InChI=1S/C9H18N4S/c1-7-6-14-9(11-7)4-8(12-10)5-13(2)3/h6,8,12H,4-5,10H2,1-3H3. The molecule has 1 heterocycles. The molecule has 0 fully saturated rings. The predicted octanol–water partition coefficient (Wildman–Crippen LogP) is 0.388. The van der Waals surface area contributed by atoms with E-state index in [1.54, 1.807) is 11.3 Å². The highest BCUT2D eigenvalue weighted by Crippen LogP contribution is 2.10. The predicted molar refractivity (Wildman–Crippen MR) is 60.2 cm³/mol. The first-order valence-corrected chi connectivity index (χ1v) is 5.51. The van der Waals surface area contributed by atoms with Crippen LogP contribution >= 0.6 is 11.3 Å². The van der Waals surface area contributed by atoms with Crippen LogP contribution in [0.25, 0.3) is 0 Å². The van der Waals surface area contributed by atoms with Gasteiger partial charge in [0.1, 0.15) is 0 Å². The molecule has 80 valence electrons. The zero-order valence-corrected chi connectivity index (χ0v) is 9.77. The van der Waals surface area contributed by atoms with Crippen LogP contribution in [-0.4, -0.2) is 36.6 Å². The summed E-state index contributed by atoms with van der Waals surface area (Å²) in [5.41, 5.74) is 3.90. The van der Waals surface area contributed by atoms with Gasteiger partial charge in [-0.2, -0.15) is 0 Å². The van der Waals surface area contributed by atoms with Crippen molar-refractivity contribution in [2.24, 2.45) is 5.84 Å². The molecule has 14 heavy (non-hydrogen) atoms. The molecule has 1 aromatic heterocycles. The second-order valence-electron chi connectivity index (χ2n) is 3.71. The molecule has 0 aliphatic heterocycles. The molecule has 0 aliphatic carbocycles. The number of rotatable bonds is 5. The molecule has 0 radical (unpaired) electrons. The summed E-state index contributed by atoms with van der Waals surface area (Å²) in [7, 11) is 4.08. The third kappa shape index (κ3) is 3.71. The normalized spacial score (nSPS) is 13.5. The first kappa shape index (κ1) is 11.6. The fourth-order valence-corrected chi connectivity index (χ4v) is 2.18. The summed E-state index contributed by atoms with van der Waals surface area (Å²) in [6.07, 6.45) is 0.896. The molecule has 4 nitrogen and oxygen atoms in total. The maximum absolute atomic E-state index is 5.48. The third-order valence-electron chi connectivity index (χ3n) is 1.91. The number of aryl methyl sites for hydroxylation is 1. The van der Waals surface area contributed by atoms with Crippen molar-refractivity contribution in [2.75, 3.05) is 20.6 Å². The van der Waals surface area contributed by atoms with E-state index < -0.39 is 0 Å². The Kier molecular flexibility index (Phi) is 4.47. The number of aromatic nitrogens is 1. The Labute approximate surface area is 89.1 Å². The van der Waals surface area contributed by atoms with Crippen molar-refractivity contribution in [1.82, 2.24) is 15.3 Å². The van der Waals surface area contributed by atoms with Gasteiger partial charge in [-0.05, 0) is 21.0 Å². The summed E-state index contributed by atoms with van der Waals surface area (Å²) in [6, 6.07) is 0.274. The van der Waals surface area contributed by atoms with E-state index in [-0.39, 0.29) is 6.04 Å². The van der Waals surface area contributed by atoms with Crippen molar-refractivity contribution in [1.29, 1.82) is 0 Å². The number of hydrogen-bond acceptors (Lipinski definition) is 5. The smallest absolute Gasteiger partial charge is 0.0944 e. The molecule has 3 N–H and O–H groups in total. The van der Waals surface area contributed by atoms with E-state index in [4.69, 9.17) is 5.84 Å². The topological polar surface area (TPSA) is 54.2 Å². The van der Waals surface area contributed by atoms with Gasteiger partial charge in [-0.25, -0.2) is 4.98 Å². The molecule has 0 spiro atoms. The molecule has 0 aliphatic rings. The lowest BCUT2D eigenvalue weighted by molar-refractivity contribution is 0.338. The minimum atomic E-state index is 0.274. The Morgan fingerprint density at radius 1 is 1.64 bits per heavy atom. The zero-order chi connectivity index (χ0) is 10.6. The Hall–Kier alpha value is -0.490. The van der Waals surface area contributed by atoms with Crippen molar-refractivity contribution in [3.05, 3.63) is 16.1 Å². The Bertz CT molecular complexity index is 272. The lowest BCUT2D eigenvalue weighted by atomic mass is 10.2. The number of nitrogens with zero attached hydrogens (tertiary/aromatic N) is 2. The van der Waals surface area contributed by atoms with Gasteiger partial charge in [-0.15, -0.1) is 11.3 Å². The Morgan fingerprint density at radius 2 is 2.36 bits per heavy atom. The van der Waals surface area contributed by atoms with Gasteiger partial charge in [-0.3, -0.25) is 11.3 Å². The maximum Gasteiger partial charge on any atom is 0.0944 e. The lowest BCUT2D eigenvalue weighted by Gasteiger charge is -2.18. The SMILES string of the molecule is Cc1csc(CC(CN(C)C)NN)n1. The van der Waals surface area contributed by atoms with E-state index in [0.717, 1.165) is 23.7 Å². The van der Waals surface area contributed by atoms with Crippen LogP contribution in [0.1, 0.15) is 10.7 Å². The van der Waals surface area contributed by atoms with Crippen LogP contribution in [-0.2, 0) is 6.42 Å². The lowest BCUT2D eigenvalue weighted by Crippen LogP contribution is -2.43. The molecule has 0 saturated carbocycles. The van der Waals surface area contributed by atoms with Crippen LogP contribution in [0.5, 0.6) is 0 Å². The van der Waals surface area contributed by atoms with Crippen LogP contribution in [0.15, 0.2) is 5.38 Å². The largest absolute Gasteiger partial charge is 0.308 e. The van der Waals surface area contributed by atoms with Gasteiger partial charge in [0.2, 0.25) is 0 Å². The average molecular weight is 214 g/mol. The maximum atomic E-state index is 5.48. The monoisotopic (exact) mass is 214 g/mol. The summed E-state index contributed by atoms with van der Waals surface area (Å²) in [5.74, 6) is 5.48. The molecule has 1 atom stereocenters. The number of hydrogen-bond donors (Lipinski definition) is 2. The molecule has 1 aromatic rings. The first-order chi connectivity index (χ1) is 6.61. The van der Waals surface area contributed by atoms with Gasteiger partial charge in [-0.1, -0.05) is 0 Å². The number of nitrogens with one attached hydrogen (secondary N) is 1. The minimum Gasteiger partial charge on any atom is -0.308 e. The summed E-state index contributed by atoms with van der Waals surface area (Å²) >= 11 is 1.70. The van der Waals surface area contributed by atoms with Crippen LogP contribution in [0.3, 0.4) is 0 Å². The second kappa shape index (κ2) is 5.41. The first-order valence-electron chi connectivity index (χ1n) is 4.63. The van der Waals surface area contributed by atoms with Crippen LogP contribution in [0, 0.1) is 6.92 Å². The highest BCUT2D eigenvalue weighted by Gasteiger charge is 2.10. The molecule has 5 heteroatoms. The summed E-state index contributed by atoms with van der Waals surface area (Å²) in [4.78, 5) is 6.53. The van der Waals surface area contributed by atoms with Crippen LogP contribution in [0.4, 0.5) is 0 Å². The minimum absolute atomic E-state index is 0.274.